The minimum absolute atomic E-state index is 0.0201. The molecule has 0 saturated carbocycles. The molecule has 6 heteroatoms. The van der Waals surface area contributed by atoms with Crippen molar-refractivity contribution in [1.29, 1.82) is 0 Å². The second kappa shape index (κ2) is 7.85. The molecule has 2 rings (SSSR count). The smallest absolute Gasteiger partial charge is 0.317 e. The first kappa shape index (κ1) is 15.6. The Labute approximate surface area is 125 Å². The summed E-state index contributed by atoms with van der Waals surface area (Å²) in [7, 11) is 1.64. The van der Waals surface area contributed by atoms with E-state index in [0.717, 1.165) is 44.0 Å². The highest BCUT2D eigenvalue weighted by molar-refractivity contribution is 5.74. The Hall–Kier alpha value is -1.79. The third kappa shape index (κ3) is 4.34. The van der Waals surface area contributed by atoms with Gasteiger partial charge in [0.15, 0.2) is 0 Å². The summed E-state index contributed by atoms with van der Waals surface area (Å²) in [6.07, 6.45) is 0. The molecule has 1 saturated heterocycles. The molecule has 0 aliphatic carbocycles. The van der Waals surface area contributed by atoms with E-state index in [0.29, 0.717) is 13.1 Å². The average molecular weight is 292 g/mol. The normalized spacial score (nSPS) is 15.8. The second-order valence-electron chi connectivity index (χ2n) is 5.09. The van der Waals surface area contributed by atoms with E-state index >= 15 is 0 Å². The van der Waals surface area contributed by atoms with Gasteiger partial charge in [0.25, 0.3) is 0 Å². The number of nitrogens with zero attached hydrogens (tertiary/aromatic N) is 2. The Balaban J connectivity index is 1.80. The van der Waals surface area contributed by atoms with Gasteiger partial charge >= 0.3 is 6.03 Å². The molecule has 1 aliphatic heterocycles. The number of carbonyl (C=O) groups is 1. The molecule has 6 nitrogen and oxygen atoms in total. The van der Waals surface area contributed by atoms with E-state index in [4.69, 9.17) is 10.5 Å². The molecular weight excluding hydrogens is 268 g/mol. The zero-order valence-corrected chi connectivity index (χ0v) is 12.5. The Kier molecular flexibility index (Phi) is 5.83. The van der Waals surface area contributed by atoms with Crippen LogP contribution in [0.3, 0.4) is 0 Å². The van der Waals surface area contributed by atoms with Crippen LogP contribution in [-0.2, 0) is 6.54 Å². The number of benzene rings is 1. The van der Waals surface area contributed by atoms with E-state index in [1.807, 2.05) is 29.2 Å². The largest absolute Gasteiger partial charge is 0.496 e. The van der Waals surface area contributed by atoms with E-state index in [1.165, 1.54) is 0 Å². The summed E-state index contributed by atoms with van der Waals surface area (Å²) in [5.74, 6) is 0.797. The lowest BCUT2D eigenvalue weighted by Crippen LogP contribution is -2.52. The van der Waals surface area contributed by atoms with E-state index in [2.05, 4.69) is 10.2 Å². The van der Waals surface area contributed by atoms with Gasteiger partial charge in [-0.3, -0.25) is 4.90 Å². The first-order valence-electron chi connectivity index (χ1n) is 7.31. The summed E-state index contributed by atoms with van der Waals surface area (Å²) in [5.41, 5.74) is 6.53. The number of methoxy groups -OCH3 is 1. The lowest BCUT2D eigenvalue weighted by atomic mass is 10.2. The fourth-order valence-corrected chi connectivity index (χ4v) is 2.49. The SMILES string of the molecule is COc1ccccc1CNC(=O)N1CCN(CCN)CC1. The number of hydrogen-bond acceptors (Lipinski definition) is 4. The molecule has 0 radical (unpaired) electrons. The number of carbonyl (C=O) groups excluding carboxylic acids is 1. The first-order valence-corrected chi connectivity index (χ1v) is 7.31. The monoisotopic (exact) mass is 292 g/mol. The van der Waals surface area contributed by atoms with Gasteiger partial charge in [0.05, 0.1) is 7.11 Å². The van der Waals surface area contributed by atoms with Crippen molar-refractivity contribution in [2.24, 2.45) is 5.73 Å². The van der Waals surface area contributed by atoms with Crippen LogP contribution in [0.1, 0.15) is 5.56 Å². The number of amides is 2. The molecule has 2 amide bonds. The van der Waals surface area contributed by atoms with Gasteiger partial charge in [-0.15, -0.1) is 0 Å². The summed E-state index contributed by atoms with van der Waals surface area (Å²) < 4.78 is 5.28. The lowest BCUT2D eigenvalue weighted by Gasteiger charge is -2.34. The van der Waals surface area contributed by atoms with Crippen molar-refractivity contribution in [1.82, 2.24) is 15.1 Å². The summed E-state index contributed by atoms with van der Waals surface area (Å²) in [5, 5.41) is 2.95. The van der Waals surface area contributed by atoms with E-state index < -0.39 is 0 Å². The third-order valence-corrected chi connectivity index (χ3v) is 3.73. The maximum atomic E-state index is 12.2. The standard InChI is InChI=1S/C15H24N4O2/c1-21-14-5-3-2-4-13(14)12-17-15(20)19-10-8-18(7-6-16)9-11-19/h2-5H,6-12,16H2,1H3,(H,17,20). The van der Waals surface area contributed by atoms with Crippen LogP contribution in [0.4, 0.5) is 4.79 Å². The number of para-hydroxylation sites is 1. The predicted octanol–water partition coefficient (Wildman–Crippen LogP) is 0.481. The average Bonchev–Trinajstić information content (AvgIpc) is 2.54. The van der Waals surface area contributed by atoms with Crippen molar-refractivity contribution in [3.05, 3.63) is 29.8 Å². The molecule has 1 heterocycles. The Bertz CT molecular complexity index is 459. The van der Waals surface area contributed by atoms with E-state index in [1.54, 1.807) is 7.11 Å². The van der Waals surface area contributed by atoms with Crippen molar-refractivity contribution in [2.75, 3.05) is 46.4 Å². The van der Waals surface area contributed by atoms with Crippen LogP contribution in [0.2, 0.25) is 0 Å². The zero-order chi connectivity index (χ0) is 15.1. The molecule has 21 heavy (non-hydrogen) atoms. The number of nitrogens with two attached hydrogens (primary N) is 1. The van der Waals surface area contributed by atoms with E-state index in [9.17, 15) is 4.79 Å². The minimum atomic E-state index is -0.0201. The Morgan fingerprint density at radius 2 is 2.00 bits per heavy atom. The van der Waals surface area contributed by atoms with E-state index in [-0.39, 0.29) is 6.03 Å². The van der Waals surface area contributed by atoms with Gasteiger partial charge in [0, 0.05) is 51.4 Å². The number of hydrogen-bond donors (Lipinski definition) is 2. The first-order chi connectivity index (χ1) is 10.2. The van der Waals surface area contributed by atoms with Gasteiger partial charge in [-0.25, -0.2) is 4.79 Å². The highest BCUT2D eigenvalue weighted by Gasteiger charge is 2.20. The molecule has 0 atom stereocenters. The van der Waals surface area contributed by atoms with Gasteiger partial charge in [-0.2, -0.15) is 0 Å². The summed E-state index contributed by atoms with van der Waals surface area (Å²) in [6, 6.07) is 7.69. The van der Waals surface area contributed by atoms with Crippen molar-refractivity contribution in [2.45, 2.75) is 6.54 Å². The second-order valence-corrected chi connectivity index (χ2v) is 5.09. The molecule has 116 valence electrons. The Morgan fingerprint density at radius 3 is 2.67 bits per heavy atom. The fourth-order valence-electron chi connectivity index (χ4n) is 2.49. The molecule has 1 aromatic rings. The number of nitrogens with one attached hydrogen (secondary N) is 1. The van der Waals surface area contributed by atoms with Crippen molar-refractivity contribution in [3.63, 3.8) is 0 Å². The van der Waals surface area contributed by atoms with Crippen molar-refractivity contribution < 1.29 is 9.53 Å². The van der Waals surface area contributed by atoms with Gasteiger partial charge in [0.1, 0.15) is 5.75 Å². The van der Waals surface area contributed by atoms with Crippen LogP contribution >= 0.6 is 0 Å². The molecule has 0 aromatic heterocycles. The zero-order valence-electron chi connectivity index (χ0n) is 12.5. The number of rotatable bonds is 5. The maximum Gasteiger partial charge on any atom is 0.317 e. The summed E-state index contributed by atoms with van der Waals surface area (Å²) >= 11 is 0. The summed E-state index contributed by atoms with van der Waals surface area (Å²) in [6.45, 7) is 5.32. The topological polar surface area (TPSA) is 70.8 Å². The number of urea groups is 1. The molecular formula is C15H24N4O2. The van der Waals surface area contributed by atoms with Crippen LogP contribution in [0.15, 0.2) is 24.3 Å². The fraction of sp³-hybridized carbons (Fsp3) is 0.533. The molecule has 1 aromatic carbocycles. The van der Waals surface area contributed by atoms with Gasteiger partial charge in [-0.1, -0.05) is 18.2 Å². The van der Waals surface area contributed by atoms with Crippen molar-refractivity contribution >= 4 is 6.03 Å². The van der Waals surface area contributed by atoms with Gasteiger partial charge in [-0.05, 0) is 6.07 Å². The molecule has 0 unspecified atom stereocenters. The summed E-state index contributed by atoms with van der Waals surface area (Å²) in [4.78, 5) is 16.3. The van der Waals surface area contributed by atoms with Crippen molar-refractivity contribution in [3.8, 4) is 5.75 Å². The molecule has 0 spiro atoms. The Morgan fingerprint density at radius 1 is 1.29 bits per heavy atom. The molecule has 1 aliphatic rings. The quantitative estimate of drug-likeness (QED) is 0.828. The highest BCUT2D eigenvalue weighted by Crippen LogP contribution is 2.16. The van der Waals surface area contributed by atoms with Gasteiger partial charge in [0.2, 0.25) is 0 Å². The van der Waals surface area contributed by atoms with Crippen LogP contribution in [-0.4, -0.2) is 62.2 Å². The predicted molar refractivity (Wildman–Crippen MR) is 82.3 cm³/mol. The lowest BCUT2D eigenvalue weighted by molar-refractivity contribution is 0.141. The highest BCUT2D eigenvalue weighted by atomic mass is 16.5. The number of ether oxygens (including phenoxy) is 1. The molecule has 0 bridgehead atoms. The van der Waals surface area contributed by atoms with Crippen LogP contribution in [0, 0.1) is 0 Å². The third-order valence-electron chi connectivity index (χ3n) is 3.73. The van der Waals surface area contributed by atoms with Gasteiger partial charge < -0.3 is 20.7 Å². The van der Waals surface area contributed by atoms with Crippen LogP contribution < -0.4 is 15.8 Å². The maximum absolute atomic E-state index is 12.2. The van der Waals surface area contributed by atoms with Crippen LogP contribution in [0.25, 0.3) is 0 Å². The number of piperazine rings is 1. The molecule has 1 fully saturated rings. The van der Waals surface area contributed by atoms with Crippen LogP contribution in [0.5, 0.6) is 5.75 Å². The minimum Gasteiger partial charge on any atom is -0.496 e. The molecule has 3 N–H and O–H groups in total.